The third-order valence-corrected chi connectivity index (χ3v) is 3.90. The van der Waals surface area contributed by atoms with Crippen LogP contribution >= 0.6 is 12.0 Å². The molecule has 0 N–H and O–H groups in total. The maximum Gasteiger partial charge on any atom is 0.336 e. The molecule has 2 rings (SSSR count). The molecule has 0 aromatic heterocycles. The summed E-state index contributed by atoms with van der Waals surface area (Å²) in [4.78, 5) is 22.5. The number of rotatable bonds is 7. The second-order valence-corrected chi connectivity index (χ2v) is 5.60. The number of carbonyl (C=O) groups excluding carboxylic acids is 1. The number of methoxy groups -OCH3 is 1. The largest absolute Gasteiger partial charge is 0.467 e. The van der Waals surface area contributed by atoms with E-state index in [9.17, 15) is 19.3 Å². The fourth-order valence-electron chi connectivity index (χ4n) is 1.86. The van der Waals surface area contributed by atoms with Crippen molar-refractivity contribution < 1.29 is 23.0 Å². The Balaban J connectivity index is 2.01. The number of carbonyl (C=O) groups is 1. The predicted octanol–water partition coefficient (Wildman–Crippen LogP) is 3.54. The minimum atomic E-state index is -0.888. The summed E-state index contributed by atoms with van der Waals surface area (Å²) >= 11 is 0.918. The van der Waals surface area contributed by atoms with Crippen LogP contribution in [0.5, 0.6) is 0 Å². The minimum absolute atomic E-state index is 0.0322. The zero-order valence-electron chi connectivity index (χ0n) is 12.7. The second-order valence-electron chi connectivity index (χ2n) is 4.77. The number of nitro groups is 1. The van der Waals surface area contributed by atoms with E-state index in [1.807, 2.05) is 0 Å². The third-order valence-electron chi connectivity index (χ3n) is 3.11. The van der Waals surface area contributed by atoms with E-state index in [0.29, 0.717) is 4.90 Å². The number of esters is 1. The molecule has 0 saturated carbocycles. The Morgan fingerprint density at radius 3 is 2.38 bits per heavy atom. The lowest BCUT2D eigenvalue weighted by atomic mass is 10.1. The summed E-state index contributed by atoms with van der Waals surface area (Å²) in [6.07, 6.45) is -0.673. The van der Waals surface area contributed by atoms with E-state index in [1.165, 1.54) is 43.5 Å². The van der Waals surface area contributed by atoms with Crippen LogP contribution in [0.1, 0.15) is 5.56 Å². The molecule has 0 aliphatic rings. The van der Waals surface area contributed by atoms with Gasteiger partial charge in [0.2, 0.25) is 0 Å². The van der Waals surface area contributed by atoms with Gasteiger partial charge in [-0.2, -0.15) is 0 Å². The van der Waals surface area contributed by atoms with Gasteiger partial charge < -0.3 is 4.74 Å². The Kier molecular flexibility index (Phi) is 6.28. The van der Waals surface area contributed by atoms with E-state index in [2.05, 4.69) is 0 Å². The normalized spacial score (nSPS) is 11.8. The topological polar surface area (TPSA) is 78.7 Å². The number of hydrogen-bond donors (Lipinski definition) is 0. The van der Waals surface area contributed by atoms with Crippen molar-refractivity contribution in [2.75, 3.05) is 7.11 Å². The molecule has 6 nitrogen and oxygen atoms in total. The Bertz CT molecular complexity index is 705. The number of halogens is 1. The lowest BCUT2D eigenvalue weighted by Gasteiger charge is -2.14. The van der Waals surface area contributed by atoms with Gasteiger partial charge in [-0.3, -0.25) is 14.3 Å². The van der Waals surface area contributed by atoms with Crippen LogP contribution in [0.25, 0.3) is 0 Å². The fraction of sp³-hybridized carbons (Fsp3) is 0.188. The lowest BCUT2D eigenvalue weighted by Crippen LogP contribution is -2.25. The average Bonchev–Trinajstić information content (AvgIpc) is 2.60. The third kappa shape index (κ3) is 5.04. The maximum absolute atomic E-state index is 12.9. The Morgan fingerprint density at radius 1 is 1.21 bits per heavy atom. The molecule has 0 amide bonds. The summed E-state index contributed by atoms with van der Waals surface area (Å²) in [6, 6.07) is 11.5. The first-order valence-corrected chi connectivity index (χ1v) is 7.64. The van der Waals surface area contributed by atoms with Crippen LogP contribution in [0, 0.1) is 15.9 Å². The van der Waals surface area contributed by atoms with Gasteiger partial charge in [-0.15, -0.1) is 0 Å². The summed E-state index contributed by atoms with van der Waals surface area (Å²) in [5, 5.41) is 10.6. The molecule has 0 spiro atoms. The molecule has 24 heavy (non-hydrogen) atoms. The second kappa shape index (κ2) is 8.42. The molecular formula is C16H14FNO5S. The maximum atomic E-state index is 12.9. The summed E-state index contributed by atoms with van der Waals surface area (Å²) in [6.45, 7) is 0. The first kappa shape index (κ1) is 17.9. The van der Waals surface area contributed by atoms with E-state index in [0.717, 1.165) is 17.6 Å². The van der Waals surface area contributed by atoms with Crippen LogP contribution in [0.2, 0.25) is 0 Å². The predicted molar refractivity (Wildman–Crippen MR) is 85.9 cm³/mol. The number of non-ortho nitro benzene ring substituents is 1. The van der Waals surface area contributed by atoms with Crippen molar-refractivity contribution in [1.82, 2.24) is 0 Å². The smallest absolute Gasteiger partial charge is 0.336 e. The average molecular weight is 351 g/mol. The molecule has 0 radical (unpaired) electrons. The number of ether oxygens (including phenoxy) is 1. The SMILES string of the molecule is COC(=O)[C@@H](Cc1ccc(F)cc1)OSc1ccc([N+](=O)[O-])cc1. The van der Waals surface area contributed by atoms with Gasteiger partial charge in [0, 0.05) is 35.5 Å². The first-order valence-electron chi connectivity index (χ1n) is 6.89. The molecule has 0 saturated heterocycles. The van der Waals surface area contributed by atoms with E-state index in [1.54, 1.807) is 12.1 Å². The number of benzene rings is 2. The molecule has 2 aromatic carbocycles. The number of nitrogens with zero attached hydrogens (tertiary/aromatic N) is 1. The van der Waals surface area contributed by atoms with Crippen LogP contribution < -0.4 is 0 Å². The summed E-state index contributed by atoms with van der Waals surface area (Å²) in [5.74, 6) is -0.928. The summed E-state index contributed by atoms with van der Waals surface area (Å²) < 4.78 is 23.1. The van der Waals surface area contributed by atoms with Crippen molar-refractivity contribution in [1.29, 1.82) is 0 Å². The Labute approximate surface area is 141 Å². The Morgan fingerprint density at radius 2 is 1.83 bits per heavy atom. The van der Waals surface area contributed by atoms with Gasteiger partial charge >= 0.3 is 5.97 Å². The van der Waals surface area contributed by atoms with E-state index in [4.69, 9.17) is 8.92 Å². The van der Waals surface area contributed by atoms with Crippen LogP contribution in [-0.2, 0) is 20.1 Å². The minimum Gasteiger partial charge on any atom is -0.467 e. The van der Waals surface area contributed by atoms with Gasteiger partial charge in [-0.05, 0) is 29.8 Å². The molecule has 0 aliphatic carbocycles. The molecular weight excluding hydrogens is 337 g/mol. The van der Waals surface area contributed by atoms with Crippen molar-refractivity contribution in [2.24, 2.45) is 0 Å². The van der Waals surface area contributed by atoms with Crippen LogP contribution in [0.15, 0.2) is 53.4 Å². The quantitative estimate of drug-likeness (QED) is 0.329. The van der Waals surface area contributed by atoms with Gasteiger partial charge in [0.15, 0.2) is 6.10 Å². The van der Waals surface area contributed by atoms with Crippen molar-refractivity contribution in [2.45, 2.75) is 17.4 Å². The van der Waals surface area contributed by atoms with Crippen LogP contribution in [0.4, 0.5) is 10.1 Å². The van der Waals surface area contributed by atoms with Crippen molar-refractivity contribution in [3.8, 4) is 0 Å². The first-order chi connectivity index (χ1) is 11.5. The highest BCUT2D eigenvalue weighted by Crippen LogP contribution is 2.25. The molecule has 2 aromatic rings. The van der Waals surface area contributed by atoms with Gasteiger partial charge in [0.1, 0.15) is 5.82 Å². The van der Waals surface area contributed by atoms with Crippen LogP contribution in [-0.4, -0.2) is 24.1 Å². The molecule has 0 aliphatic heterocycles. The van der Waals surface area contributed by atoms with Crippen molar-refractivity contribution >= 4 is 23.7 Å². The molecule has 126 valence electrons. The molecule has 0 bridgehead atoms. The number of nitro benzene ring substituents is 1. The molecule has 0 heterocycles. The zero-order valence-corrected chi connectivity index (χ0v) is 13.5. The highest BCUT2D eigenvalue weighted by Gasteiger charge is 2.22. The van der Waals surface area contributed by atoms with E-state index >= 15 is 0 Å². The molecule has 0 fully saturated rings. The highest BCUT2D eigenvalue weighted by atomic mass is 32.2. The van der Waals surface area contributed by atoms with Gasteiger partial charge in [0.05, 0.1) is 12.0 Å². The lowest BCUT2D eigenvalue weighted by molar-refractivity contribution is -0.384. The van der Waals surface area contributed by atoms with Crippen molar-refractivity contribution in [3.05, 3.63) is 70.0 Å². The summed E-state index contributed by atoms with van der Waals surface area (Å²) in [5.41, 5.74) is 0.686. The van der Waals surface area contributed by atoms with Gasteiger partial charge in [-0.25, -0.2) is 9.18 Å². The number of hydrogen-bond acceptors (Lipinski definition) is 6. The molecule has 1 atom stereocenters. The highest BCUT2D eigenvalue weighted by molar-refractivity contribution is 7.94. The van der Waals surface area contributed by atoms with Crippen molar-refractivity contribution in [3.63, 3.8) is 0 Å². The summed E-state index contributed by atoms with van der Waals surface area (Å²) in [7, 11) is 1.25. The monoisotopic (exact) mass is 351 g/mol. The molecule has 8 heteroatoms. The van der Waals surface area contributed by atoms with Gasteiger partial charge in [-0.1, -0.05) is 12.1 Å². The van der Waals surface area contributed by atoms with Crippen LogP contribution in [0.3, 0.4) is 0 Å². The van der Waals surface area contributed by atoms with E-state index < -0.39 is 17.0 Å². The molecule has 0 unspecified atom stereocenters. The van der Waals surface area contributed by atoms with E-state index in [-0.39, 0.29) is 17.9 Å². The standard InChI is InChI=1S/C16H14FNO5S/c1-22-16(19)15(10-11-2-4-12(17)5-3-11)23-24-14-8-6-13(7-9-14)18(20)21/h2-9,15H,10H2,1H3/t15-/m1/s1. The Hall–Kier alpha value is -2.45. The zero-order chi connectivity index (χ0) is 17.5. The fourth-order valence-corrected chi connectivity index (χ4v) is 2.48. The van der Waals surface area contributed by atoms with Gasteiger partial charge in [0.25, 0.3) is 5.69 Å².